The number of benzene rings is 2. The van der Waals surface area contributed by atoms with Crippen molar-refractivity contribution in [1.82, 2.24) is 0 Å². The Kier molecular flexibility index (Phi) is 9.00. The molecule has 120 valence electrons. The van der Waals surface area contributed by atoms with E-state index in [4.69, 9.17) is 21.4 Å². The van der Waals surface area contributed by atoms with Crippen molar-refractivity contribution >= 4 is 55.3 Å². The SMILES string of the molecule is CCC(Oc1ccc(CCC(=O)O)c(Cl)c1)c1ccccc1.[Ca+2].[H-].[H-]. The van der Waals surface area contributed by atoms with Crippen molar-refractivity contribution in [2.24, 2.45) is 0 Å². The van der Waals surface area contributed by atoms with Crippen molar-refractivity contribution < 1.29 is 17.5 Å². The average Bonchev–Trinajstić information content (AvgIpc) is 2.52. The second-order valence-electron chi connectivity index (χ2n) is 5.07. The molecule has 3 nitrogen and oxygen atoms in total. The van der Waals surface area contributed by atoms with Crippen LogP contribution in [0.1, 0.15) is 39.8 Å². The average molecular weight is 361 g/mol. The number of carboxylic acid groups (broad SMARTS) is 1. The van der Waals surface area contributed by atoms with Gasteiger partial charge in [0.15, 0.2) is 0 Å². The molecule has 23 heavy (non-hydrogen) atoms. The van der Waals surface area contributed by atoms with E-state index in [1.165, 1.54) is 0 Å². The van der Waals surface area contributed by atoms with Gasteiger partial charge in [-0.05, 0) is 36.1 Å². The molecule has 0 saturated heterocycles. The number of aryl methyl sites for hydroxylation is 1. The molecule has 0 heterocycles. The van der Waals surface area contributed by atoms with Crippen LogP contribution in [-0.4, -0.2) is 48.8 Å². The molecular weight excluding hydrogens is 340 g/mol. The number of rotatable bonds is 7. The molecule has 0 amide bonds. The molecule has 2 rings (SSSR count). The summed E-state index contributed by atoms with van der Waals surface area (Å²) in [5.41, 5.74) is 1.94. The Hall–Kier alpha value is -0.740. The van der Waals surface area contributed by atoms with Gasteiger partial charge in [0.1, 0.15) is 11.9 Å². The molecule has 0 radical (unpaired) electrons. The molecule has 1 unspecified atom stereocenters. The number of aliphatic carboxylic acids is 1. The van der Waals surface area contributed by atoms with Crippen LogP contribution in [-0.2, 0) is 11.2 Å². The van der Waals surface area contributed by atoms with E-state index in [2.05, 4.69) is 6.92 Å². The molecule has 0 aliphatic rings. The van der Waals surface area contributed by atoms with Crippen LogP contribution >= 0.6 is 11.6 Å². The van der Waals surface area contributed by atoms with E-state index >= 15 is 0 Å². The Morgan fingerprint density at radius 1 is 1.26 bits per heavy atom. The smallest absolute Gasteiger partial charge is 1.00 e. The van der Waals surface area contributed by atoms with Crippen molar-refractivity contribution in [2.75, 3.05) is 0 Å². The van der Waals surface area contributed by atoms with E-state index in [0.29, 0.717) is 17.2 Å². The van der Waals surface area contributed by atoms with E-state index in [-0.39, 0.29) is 53.1 Å². The zero-order chi connectivity index (χ0) is 15.9. The van der Waals surface area contributed by atoms with Crippen molar-refractivity contribution in [2.45, 2.75) is 32.3 Å². The van der Waals surface area contributed by atoms with Gasteiger partial charge in [-0.25, -0.2) is 0 Å². The maximum absolute atomic E-state index is 10.6. The second kappa shape index (κ2) is 10.2. The van der Waals surface area contributed by atoms with Crippen LogP contribution in [0.25, 0.3) is 0 Å². The Morgan fingerprint density at radius 2 is 1.96 bits per heavy atom. The van der Waals surface area contributed by atoms with Gasteiger partial charge in [-0.3, -0.25) is 4.79 Å². The first-order valence-electron chi connectivity index (χ1n) is 7.32. The summed E-state index contributed by atoms with van der Waals surface area (Å²) < 4.78 is 6.01. The van der Waals surface area contributed by atoms with E-state index in [1.54, 1.807) is 6.07 Å². The van der Waals surface area contributed by atoms with Crippen LogP contribution in [0.3, 0.4) is 0 Å². The number of ether oxygens (including phenoxy) is 1. The molecule has 2 aromatic carbocycles. The largest absolute Gasteiger partial charge is 2.00 e. The van der Waals surface area contributed by atoms with Gasteiger partial charge in [0.2, 0.25) is 0 Å². The Balaban J connectivity index is 0. The Bertz CT molecular complexity index is 641. The normalized spacial score (nSPS) is 11.4. The number of carbonyl (C=O) groups is 1. The molecule has 0 fully saturated rings. The molecule has 0 saturated carbocycles. The fraction of sp³-hybridized carbons (Fsp3) is 0.278. The summed E-state index contributed by atoms with van der Waals surface area (Å²) in [6, 6.07) is 15.5. The van der Waals surface area contributed by atoms with Gasteiger partial charge in [-0.1, -0.05) is 54.9 Å². The van der Waals surface area contributed by atoms with Gasteiger partial charge < -0.3 is 12.7 Å². The molecule has 0 aliphatic carbocycles. The van der Waals surface area contributed by atoms with Crippen LogP contribution in [0, 0.1) is 0 Å². The monoisotopic (exact) mass is 360 g/mol. The number of carboxylic acids is 1. The van der Waals surface area contributed by atoms with Crippen molar-refractivity contribution in [1.29, 1.82) is 0 Å². The first-order valence-corrected chi connectivity index (χ1v) is 7.69. The molecule has 0 bridgehead atoms. The van der Waals surface area contributed by atoms with Crippen LogP contribution in [0.15, 0.2) is 48.5 Å². The Morgan fingerprint density at radius 3 is 2.52 bits per heavy atom. The minimum atomic E-state index is -0.827. The molecule has 0 aliphatic heterocycles. The predicted molar refractivity (Wildman–Crippen MR) is 95.5 cm³/mol. The van der Waals surface area contributed by atoms with Gasteiger partial charge in [0.25, 0.3) is 0 Å². The fourth-order valence-electron chi connectivity index (χ4n) is 2.26. The molecule has 5 heteroatoms. The summed E-state index contributed by atoms with van der Waals surface area (Å²) in [7, 11) is 0. The third-order valence-corrected chi connectivity index (χ3v) is 3.81. The standard InChI is InChI=1S/C18H19ClO3.Ca.2H/c1-2-17(14-6-4-3-5-7-14)22-15-10-8-13(16(19)12-15)9-11-18(20)21;;;/h3-8,10,12,17H,2,9,11H2,1H3,(H,20,21);;;/q;+2;2*-1. The Labute approximate surface area is 174 Å². The van der Waals surface area contributed by atoms with Gasteiger partial charge in [0, 0.05) is 11.4 Å². The van der Waals surface area contributed by atoms with E-state index in [9.17, 15) is 4.79 Å². The molecule has 0 spiro atoms. The predicted octanol–water partition coefficient (Wildman–Crippen LogP) is 4.73. The first-order chi connectivity index (χ1) is 10.6. The minimum absolute atomic E-state index is 0. The van der Waals surface area contributed by atoms with Gasteiger partial charge in [0.05, 0.1) is 0 Å². The minimum Gasteiger partial charge on any atom is -1.00 e. The van der Waals surface area contributed by atoms with E-state index < -0.39 is 5.97 Å². The summed E-state index contributed by atoms with van der Waals surface area (Å²) in [4.78, 5) is 10.6. The van der Waals surface area contributed by atoms with Crippen LogP contribution in [0.4, 0.5) is 0 Å². The molecule has 0 aromatic heterocycles. The zero-order valence-corrected chi connectivity index (χ0v) is 16.1. The molecule has 1 atom stereocenters. The summed E-state index contributed by atoms with van der Waals surface area (Å²) in [6.07, 6.45) is 1.32. The van der Waals surface area contributed by atoms with E-state index in [0.717, 1.165) is 17.5 Å². The molecule has 1 N–H and O–H groups in total. The quantitative estimate of drug-likeness (QED) is 0.726. The number of hydrogen-bond donors (Lipinski definition) is 1. The second-order valence-corrected chi connectivity index (χ2v) is 5.48. The van der Waals surface area contributed by atoms with Crippen molar-refractivity contribution in [3.8, 4) is 5.75 Å². The summed E-state index contributed by atoms with van der Waals surface area (Å²) in [5, 5.41) is 9.27. The maximum Gasteiger partial charge on any atom is 2.00 e. The number of halogens is 1. The van der Waals surface area contributed by atoms with Crippen molar-refractivity contribution in [3.63, 3.8) is 0 Å². The third kappa shape index (κ3) is 6.34. The summed E-state index contributed by atoms with van der Waals surface area (Å²) in [6.45, 7) is 2.07. The van der Waals surface area contributed by atoms with Gasteiger partial charge in [-0.15, -0.1) is 0 Å². The van der Waals surface area contributed by atoms with Gasteiger partial charge in [-0.2, -0.15) is 0 Å². The first kappa shape index (κ1) is 20.3. The fourth-order valence-corrected chi connectivity index (χ4v) is 2.53. The number of hydrogen-bond acceptors (Lipinski definition) is 2. The van der Waals surface area contributed by atoms with Crippen LogP contribution < -0.4 is 4.74 Å². The zero-order valence-electron chi connectivity index (χ0n) is 15.2. The van der Waals surface area contributed by atoms with Crippen molar-refractivity contribution in [3.05, 3.63) is 64.7 Å². The summed E-state index contributed by atoms with van der Waals surface area (Å²) in [5.74, 6) is -0.133. The van der Waals surface area contributed by atoms with E-state index in [1.807, 2.05) is 42.5 Å². The molecule has 2 aromatic rings. The maximum atomic E-state index is 10.6. The van der Waals surface area contributed by atoms with Gasteiger partial charge >= 0.3 is 43.7 Å². The van der Waals surface area contributed by atoms with Crippen LogP contribution in [0.2, 0.25) is 5.02 Å². The topological polar surface area (TPSA) is 46.5 Å². The third-order valence-electron chi connectivity index (χ3n) is 3.45. The van der Waals surface area contributed by atoms with Crippen LogP contribution in [0.5, 0.6) is 5.75 Å². The summed E-state index contributed by atoms with van der Waals surface area (Å²) >= 11 is 6.21. The molecular formula is C18H21CaClO3.